The van der Waals surface area contributed by atoms with Crippen LogP contribution in [0.15, 0.2) is 21.4 Å². The van der Waals surface area contributed by atoms with Crippen molar-refractivity contribution in [2.75, 3.05) is 0 Å². The summed E-state index contributed by atoms with van der Waals surface area (Å²) in [7, 11) is 0. The molecule has 0 aliphatic heterocycles. The molecule has 18 heavy (non-hydrogen) atoms. The van der Waals surface area contributed by atoms with Crippen LogP contribution in [0.1, 0.15) is 43.1 Å². The monoisotopic (exact) mass is 270 g/mol. The Balaban J connectivity index is 0.00000120. The zero-order valence-electron chi connectivity index (χ0n) is 9.83. The third-order valence-electron chi connectivity index (χ3n) is 3.23. The fourth-order valence-electron chi connectivity index (χ4n) is 2.24. The predicted molar refractivity (Wildman–Crippen MR) is 65.2 cm³/mol. The third-order valence-corrected chi connectivity index (χ3v) is 3.23. The molecule has 2 N–H and O–H groups in total. The van der Waals surface area contributed by atoms with Crippen molar-refractivity contribution in [3.8, 4) is 0 Å². The second-order valence-corrected chi connectivity index (χ2v) is 4.54. The summed E-state index contributed by atoms with van der Waals surface area (Å²) in [5.41, 5.74) is 6.63. The van der Waals surface area contributed by atoms with E-state index in [1.54, 1.807) is 6.07 Å². The summed E-state index contributed by atoms with van der Waals surface area (Å²) in [6.45, 7) is 0. The van der Waals surface area contributed by atoms with Gasteiger partial charge in [-0.05, 0) is 12.8 Å². The van der Waals surface area contributed by atoms with Gasteiger partial charge in [0.1, 0.15) is 6.26 Å². The van der Waals surface area contributed by atoms with Crippen LogP contribution in [0.4, 0.5) is 0 Å². The van der Waals surface area contributed by atoms with Crippen molar-refractivity contribution in [3.63, 3.8) is 0 Å². The molecule has 0 spiro atoms. The topological polar surface area (TPSA) is 91.0 Å². The van der Waals surface area contributed by atoms with Gasteiger partial charge in [0.05, 0.1) is 17.7 Å². The van der Waals surface area contributed by atoms with Gasteiger partial charge in [-0.1, -0.05) is 23.2 Å². The van der Waals surface area contributed by atoms with Gasteiger partial charge in [0.15, 0.2) is 5.82 Å². The van der Waals surface area contributed by atoms with Crippen LogP contribution >= 0.6 is 12.4 Å². The van der Waals surface area contributed by atoms with Crippen LogP contribution in [-0.4, -0.2) is 15.3 Å². The molecule has 2 aromatic heterocycles. The lowest BCUT2D eigenvalue weighted by molar-refractivity contribution is 0.349. The SMILES string of the molecule is Cl.NC1(c2noc(Cc3ccon3)n2)CCCC1. The molecule has 0 unspecified atom stereocenters. The number of rotatable bonds is 3. The molecular weight excluding hydrogens is 256 g/mol. The Bertz CT molecular complexity index is 491. The number of aromatic nitrogens is 3. The minimum atomic E-state index is -0.397. The molecule has 6 nitrogen and oxygen atoms in total. The molecule has 0 saturated heterocycles. The smallest absolute Gasteiger partial charge is 0.232 e. The highest BCUT2D eigenvalue weighted by Gasteiger charge is 2.35. The van der Waals surface area contributed by atoms with E-state index < -0.39 is 5.54 Å². The van der Waals surface area contributed by atoms with Gasteiger partial charge in [0.2, 0.25) is 5.89 Å². The van der Waals surface area contributed by atoms with E-state index in [1.807, 2.05) is 0 Å². The highest BCUT2D eigenvalue weighted by Crippen LogP contribution is 2.34. The minimum Gasteiger partial charge on any atom is -0.364 e. The van der Waals surface area contributed by atoms with Gasteiger partial charge in [-0.25, -0.2) is 0 Å². The van der Waals surface area contributed by atoms with Crippen molar-refractivity contribution >= 4 is 12.4 Å². The quantitative estimate of drug-likeness (QED) is 0.914. The third kappa shape index (κ3) is 2.39. The van der Waals surface area contributed by atoms with Crippen LogP contribution < -0.4 is 5.73 Å². The molecule has 7 heteroatoms. The van der Waals surface area contributed by atoms with Gasteiger partial charge in [-0.3, -0.25) is 0 Å². The largest absolute Gasteiger partial charge is 0.364 e. The zero-order valence-corrected chi connectivity index (χ0v) is 10.7. The summed E-state index contributed by atoms with van der Waals surface area (Å²) < 4.78 is 9.94. The van der Waals surface area contributed by atoms with Crippen molar-refractivity contribution in [2.45, 2.75) is 37.6 Å². The summed E-state index contributed by atoms with van der Waals surface area (Å²) >= 11 is 0. The Morgan fingerprint density at radius 1 is 1.28 bits per heavy atom. The second-order valence-electron chi connectivity index (χ2n) is 4.54. The van der Waals surface area contributed by atoms with Crippen molar-refractivity contribution in [1.29, 1.82) is 0 Å². The highest BCUT2D eigenvalue weighted by molar-refractivity contribution is 5.85. The summed E-state index contributed by atoms with van der Waals surface area (Å²) in [6.07, 6.45) is 6.12. The average molecular weight is 271 g/mol. The van der Waals surface area contributed by atoms with Gasteiger partial charge >= 0.3 is 0 Å². The Labute approximate surface area is 110 Å². The molecule has 0 radical (unpaired) electrons. The van der Waals surface area contributed by atoms with E-state index in [0.717, 1.165) is 31.4 Å². The molecule has 98 valence electrons. The summed E-state index contributed by atoms with van der Waals surface area (Å²) in [5.74, 6) is 1.15. The maximum absolute atomic E-state index is 6.25. The summed E-state index contributed by atoms with van der Waals surface area (Å²) in [5, 5.41) is 7.78. The van der Waals surface area contributed by atoms with E-state index in [-0.39, 0.29) is 12.4 Å². The molecule has 0 atom stereocenters. The van der Waals surface area contributed by atoms with Gasteiger partial charge in [0.25, 0.3) is 0 Å². The van der Waals surface area contributed by atoms with E-state index in [0.29, 0.717) is 18.1 Å². The van der Waals surface area contributed by atoms with Crippen molar-refractivity contribution in [3.05, 3.63) is 29.7 Å². The van der Waals surface area contributed by atoms with Gasteiger partial charge in [-0.15, -0.1) is 12.4 Å². The minimum absolute atomic E-state index is 0. The number of nitrogens with zero attached hydrogens (tertiary/aromatic N) is 3. The van der Waals surface area contributed by atoms with E-state index in [4.69, 9.17) is 14.8 Å². The highest BCUT2D eigenvalue weighted by atomic mass is 35.5. The molecule has 1 saturated carbocycles. The number of nitrogens with two attached hydrogens (primary N) is 1. The van der Waals surface area contributed by atoms with Gasteiger partial charge < -0.3 is 14.8 Å². The molecular formula is C11H15ClN4O2. The van der Waals surface area contributed by atoms with E-state index in [1.165, 1.54) is 6.26 Å². The van der Waals surface area contributed by atoms with E-state index in [2.05, 4.69) is 15.3 Å². The van der Waals surface area contributed by atoms with E-state index in [9.17, 15) is 0 Å². The average Bonchev–Trinajstić information content (AvgIpc) is 3.00. The fraction of sp³-hybridized carbons (Fsp3) is 0.545. The standard InChI is InChI=1S/C11H14N4O2.ClH/c12-11(4-1-2-5-11)10-13-9(17-15-10)7-8-3-6-16-14-8;/h3,6H,1-2,4-5,7,12H2;1H. The Morgan fingerprint density at radius 3 is 2.72 bits per heavy atom. The van der Waals surface area contributed by atoms with Crippen molar-refractivity contribution < 1.29 is 9.05 Å². The first-order valence-electron chi connectivity index (χ1n) is 5.77. The molecule has 0 bridgehead atoms. The van der Waals surface area contributed by atoms with Crippen LogP contribution in [-0.2, 0) is 12.0 Å². The number of halogens is 1. The maximum atomic E-state index is 6.25. The molecule has 2 aromatic rings. The molecule has 0 aromatic carbocycles. The van der Waals surface area contributed by atoms with Crippen molar-refractivity contribution in [2.24, 2.45) is 5.73 Å². The first-order valence-corrected chi connectivity index (χ1v) is 5.77. The molecule has 3 rings (SSSR count). The van der Waals surface area contributed by atoms with Crippen LogP contribution in [0.25, 0.3) is 0 Å². The van der Waals surface area contributed by atoms with E-state index >= 15 is 0 Å². The lowest BCUT2D eigenvalue weighted by Crippen LogP contribution is -2.34. The Kier molecular flexibility index (Phi) is 3.68. The lowest BCUT2D eigenvalue weighted by Gasteiger charge is -2.17. The van der Waals surface area contributed by atoms with Crippen LogP contribution in [0.2, 0.25) is 0 Å². The predicted octanol–water partition coefficient (Wildman–Crippen LogP) is 1.80. The number of hydrogen-bond donors (Lipinski definition) is 1. The van der Waals surface area contributed by atoms with Crippen LogP contribution in [0.5, 0.6) is 0 Å². The Hall–Kier alpha value is -1.40. The maximum Gasteiger partial charge on any atom is 0.232 e. The van der Waals surface area contributed by atoms with Gasteiger partial charge in [-0.2, -0.15) is 4.98 Å². The molecule has 1 fully saturated rings. The lowest BCUT2D eigenvalue weighted by atomic mass is 9.99. The first kappa shape index (κ1) is 13.0. The fourth-order valence-corrected chi connectivity index (χ4v) is 2.24. The molecule has 0 amide bonds. The summed E-state index contributed by atoms with van der Waals surface area (Å²) in [6, 6.07) is 1.78. The Morgan fingerprint density at radius 2 is 2.06 bits per heavy atom. The second kappa shape index (κ2) is 5.07. The molecule has 1 aliphatic carbocycles. The molecule has 2 heterocycles. The van der Waals surface area contributed by atoms with Crippen LogP contribution in [0.3, 0.4) is 0 Å². The molecule has 1 aliphatic rings. The summed E-state index contributed by atoms with van der Waals surface area (Å²) in [4.78, 5) is 4.35. The van der Waals surface area contributed by atoms with Crippen molar-refractivity contribution in [1.82, 2.24) is 15.3 Å². The van der Waals surface area contributed by atoms with Gasteiger partial charge in [0, 0.05) is 6.07 Å². The first-order chi connectivity index (χ1) is 8.26. The normalized spacial score (nSPS) is 17.6. The van der Waals surface area contributed by atoms with Crippen LogP contribution in [0, 0.1) is 0 Å². The zero-order chi connectivity index (χ0) is 11.7. The number of hydrogen-bond acceptors (Lipinski definition) is 6.